The molecule has 1 atom stereocenters. The molecule has 0 aromatic heterocycles. The van der Waals surface area contributed by atoms with E-state index in [0.29, 0.717) is 33.0 Å². The van der Waals surface area contributed by atoms with Crippen LogP contribution in [0.15, 0.2) is 54.6 Å². The van der Waals surface area contributed by atoms with Gasteiger partial charge in [0.2, 0.25) is 5.91 Å². The maximum absolute atomic E-state index is 12.4. The first-order chi connectivity index (χ1) is 13.7. The maximum Gasteiger partial charge on any atom is 0.241 e. The third kappa shape index (κ3) is 7.66. The van der Waals surface area contributed by atoms with Crippen molar-refractivity contribution in [3.05, 3.63) is 60.2 Å². The van der Waals surface area contributed by atoms with Crippen LogP contribution in [0.4, 0.5) is 5.69 Å². The summed E-state index contributed by atoms with van der Waals surface area (Å²) in [6.45, 7) is 2.77. The highest BCUT2D eigenvalue weighted by Crippen LogP contribution is 2.19. The Morgan fingerprint density at radius 2 is 1.86 bits per heavy atom. The third-order valence-corrected chi connectivity index (χ3v) is 4.78. The monoisotopic (exact) mass is 420 g/mol. The van der Waals surface area contributed by atoms with Crippen LogP contribution in [-0.2, 0) is 20.9 Å². The molecule has 2 aromatic carbocycles. The van der Waals surface area contributed by atoms with Crippen molar-refractivity contribution in [1.29, 1.82) is 0 Å². The lowest BCUT2D eigenvalue weighted by atomic mass is 9.92. The first-order valence-electron chi connectivity index (χ1n) is 9.71. The Morgan fingerprint density at radius 3 is 2.62 bits per heavy atom. The maximum atomic E-state index is 12.4. The fourth-order valence-corrected chi connectivity index (χ4v) is 3.18. The number of rotatable bonds is 9. The Bertz CT molecular complexity index is 739. The average Bonchev–Trinajstić information content (AvgIpc) is 2.74. The van der Waals surface area contributed by atoms with Gasteiger partial charge in [-0.3, -0.25) is 4.79 Å². The van der Waals surface area contributed by atoms with Gasteiger partial charge in [0.15, 0.2) is 0 Å². The molecular weight excluding hydrogens is 392 g/mol. The lowest BCUT2D eigenvalue weighted by Crippen LogP contribution is -2.44. The van der Waals surface area contributed by atoms with Crippen molar-refractivity contribution >= 4 is 24.0 Å². The topological polar surface area (TPSA) is 82.8 Å². The highest BCUT2D eigenvalue weighted by atomic mass is 35.5. The van der Waals surface area contributed by atoms with Gasteiger partial charge in [-0.05, 0) is 48.6 Å². The molecule has 158 valence electrons. The SMILES string of the molecule is Cl.NC(C(=O)Nc1cccc(COCCOc2ccccc2)c1)C1CCOCC1. The number of nitrogens with one attached hydrogen (secondary N) is 1. The van der Waals surface area contributed by atoms with Gasteiger partial charge in [0.1, 0.15) is 12.4 Å². The van der Waals surface area contributed by atoms with Crippen LogP contribution in [-0.4, -0.2) is 38.4 Å². The summed E-state index contributed by atoms with van der Waals surface area (Å²) in [5, 5.41) is 2.92. The molecule has 1 aliphatic heterocycles. The first-order valence-corrected chi connectivity index (χ1v) is 9.71. The number of anilines is 1. The quantitative estimate of drug-likeness (QED) is 0.607. The number of amides is 1. The minimum atomic E-state index is -0.515. The first kappa shape index (κ1) is 23.2. The van der Waals surface area contributed by atoms with Crippen molar-refractivity contribution in [1.82, 2.24) is 0 Å². The summed E-state index contributed by atoms with van der Waals surface area (Å²) in [6, 6.07) is 16.8. The molecule has 3 rings (SSSR count). The fourth-order valence-electron chi connectivity index (χ4n) is 3.18. The van der Waals surface area contributed by atoms with Crippen LogP contribution in [0.5, 0.6) is 5.75 Å². The molecular formula is C22H29ClN2O4. The van der Waals surface area contributed by atoms with Gasteiger partial charge in [0, 0.05) is 18.9 Å². The van der Waals surface area contributed by atoms with Crippen LogP contribution < -0.4 is 15.8 Å². The summed E-state index contributed by atoms with van der Waals surface area (Å²) in [5.41, 5.74) is 7.85. The van der Waals surface area contributed by atoms with Crippen molar-refractivity contribution in [2.24, 2.45) is 11.7 Å². The average molecular weight is 421 g/mol. The fraction of sp³-hybridized carbons (Fsp3) is 0.409. The number of benzene rings is 2. The second kappa shape index (κ2) is 12.4. The second-order valence-electron chi connectivity index (χ2n) is 6.88. The molecule has 0 bridgehead atoms. The van der Waals surface area contributed by atoms with Crippen molar-refractivity contribution in [3.8, 4) is 5.75 Å². The molecule has 1 fully saturated rings. The number of carbonyl (C=O) groups is 1. The van der Waals surface area contributed by atoms with Crippen LogP contribution >= 0.6 is 12.4 Å². The molecule has 1 unspecified atom stereocenters. The van der Waals surface area contributed by atoms with Gasteiger partial charge >= 0.3 is 0 Å². The van der Waals surface area contributed by atoms with E-state index in [1.54, 1.807) is 0 Å². The van der Waals surface area contributed by atoms with Gasteiger partial charge in [-0.15, -0.1) is 12.4 Å². The van der Waals surface area contributed by atoms with Crippen molar-refractivity contribution in [3.63, 3.8) is 0 Å². The zero-order chi connectivity index (χ0) is 19.6. The molecule has 0 aliphatic carbocycles. The van der Waals surface area contributed by atoms with Gasteiger partial charge in [0.25, 0.3) is 0 Å². The summed E-state index contributed by atoms with van der Waals surface area (Å²) in [4.78, 5) is 12.4. The van der Waals surface area contributed by atoms with Crippen LogP contribution in [0.3, 0.4) is 0 Å². The lowest BCUT2D eigenvalue weighted by molar-refractivity contribution is -0.119. The van der Waals surface area contributed by atoms with Gasteiger partial charge in [-0.2, -0.15) is 0 Å². The molecule has 2 aromatic rings. The number of hydrogen-bond donors (Lipinski definition) is 2. The number of hydrogen-bond acceptors (Lipinski definition) is 5. The Balaban J connectivity index is 0.00000300. The smallest absolute Gasteiger partial charge is 0.241 e. The summed E-state index contributed by atoms with van der Waals surface area (Å²) >= 11 is 0. The Morgan fingerprint density at radius 1 is 1.10 bits per heavy atom. The van der Waals surface area contributed by atoms with E-state index >= 15 is 0 Å². The number of para-hydroxylation sites is 1. The Hall–Kier alpha value is -2.12. The number of halogens is 1. The zero-order valence-electron chi connectivity index (χ0n) is 16.4. The van der Waals surface area contributed by atoms with E-state index in [0.717, 1.165) is 29.8 Å². The predicted octanol–water partition coefficient (Wildman–Crippen LogP) is 3.40. The molecule has 29 heavy (non-hydrogen) atoms. The van der Waals surface area contributed by atoms with Gasteiger partial charge in [-0.1, -0.05) is 30.3 Å². The lowest BCUT2D eigenvalue weighted by Gasteiger charge is -2.26. The summed E-state index contributed by atoms with van der Waals surface area (Å²) in [5.74, 6) is 0.850. The Kier molecular flexibility index (Phi) is 9.94. The molecule has 7 heteroatoms. The number of ether oxygens (including phenoxy) is 3. The zero-order valence-corrected chi connectivity index (χ0v) is 17.2. The van der Waals surface area contributed by atoms with E-state index in [4.69, 9.17) is 19.9 Å². The van der Waals surface area contributed by atoms with Crippen LogP contribution in [0.2, 0.25) is 0 Å². The van der Waals surface area contributed by atoms with E-state index in [9.17, 15) is 4.79 Å². The van der Waals surface area contributed by atoms with Gasteiger partial charge in [-0.25, -0.2) is 0 Å². The highest BCUT2D eigenvalue weighted by Gasteiger charge is 2.26. The molecule has 1 aliphatic rings. The van der Waals surface area contributed by atoms with Crippen molar-refractivity contribution in [2.75, 3.05) is 31.7 Å². The summed E-state index contributed by atoms with van der Waals surface area (Å²) in [6.07, 6.45) is 1.65. The van der Waals surface area contributed by atoms with Gasteiger partial charge in [0.05, 0.1) is 19.3 Å². The number of nitrogens with two attached hydrogens (primary N) is 1. The van der Waals surface area contributed by atoms with E-state index in [1.165, 1.54) is 0 Å². The molecule has 1 saturated heterocycles. The minimum absolute atomic E-state index is 0. The van der Waals surface area contributed by atoms with E-state index in [2.05, 4.69) is 5.32 Å². The van der Waals surface area contributed by atoms with E-state index in [1.807, 2.05) is 54.6 Å². The standard InChI is InChI=1S/C22H28N2O4.ClH/c23-21(18-9-11-26-12-10-18)22(25)24-19-6-4-5-17(15-19)16-27-13-14-28-20-7-2-1-3-8-20;/h1-8,15,18,21H,9-14,16,23H2,(H,24,25);1H. The largest absolute Gasteiger partial charge is 0.491 e. The molecule has 1 heterocycles. The molecule has 0 radical (unpaired) electrons. The van der Waals surface area contributed by atoms with Crippen LogP contribution in [0.1, 0.15) is 18.4 Å². The third-order valence-electron chi connectivity index (χ3n) is 4.78. The van der Waals surface area contributed by atoms with Crippen LogP contribution in [0, 0.1) is 5.92 Å². The van der Waals surface area contributed by atoms with Crippen molar-refractivity contribution in [2.45, 2.75) is 25.5 Å². The van der Waals surface area contributed by atoms with E-state index in [-0.39, 0.29) is 24.2 Å². The molecule has 6 nitrogen and oxygen atoms in total. The number of carbonyl (C=O) groups excluding carboxylic acids is 1. The Labute approximate surface area is 178 Å². The normalized spacial score (nSPS) is 15.2. The minimum Gasteiger partial charge on any atom is -0.491 e. The van der Waals surface area contributed by atoms with Crippen LogP contribution in [0.25, 0.3) is 0 Å². The summed E-state index contributed by atoms with van der Waals surface area (Å²) in [7, 11) is 0. The highest BCUT2D eigenvalue weighted by molar-refractivity contribution is 5.94. The van der Waals surface area contributed by atoms with Crippen molar-refractivity contribution < 1.29 is 19.0 Å². The molecule has 0 spiro atoms. The van der Waals surface area contributed by atoms with Gasteiger partial charge < -0.3 is 25.3 Å². The van der Waals surface area contributed by atoms with E-state index < -0.39 is 6.04 Å². The predicted molar refractivity (Wildman–Crippen MR) is 115 cm³/mol. The molecule has 1 amide bonds. The molecule has 3 N–H and O–H groups in total. The second-order valence-corrected chi connectivity index (χ2v) is 6.88. The summed E-state index contributed by atoms with van der Waals surface area (Å²) < 4.78 is 16.6. The molecule has 0 saturated carbocycles.